The predicted molar refractivity (Wildman–Crippen MR) is 64.9 cm³/mol. The maximum Gasteiger partial charge on any atom is 0.218 e. The van der Waals surface area contributed by atoms with Crippen molar-refractivity contribution in [2.45, 2.75) is 36.2 Å². The molecule has 2 aliphatic heterocycles. The zero-order chi connectivity index (χ0) is 13.6. The molecule has 1 unspecified atom stereocenters. The lowest BCUT2D eigenvalue weighted by Gasteiger charge is -2.37. The summed E-state index contributed by atoms with van der Waals surface area (Å²) in [6, 6.07) is 8.33. The van der Waals surface area contributed by atoms with E-state index in [4.69, 9.17) is 15.2 Å². The van der Waals surface area contributed by atoms with E-state index in [0.717, 1.165) is 5.56 Å². The zero-order valence-electron chi connectivity index (χ0n) is 10.2. The van der Waals surface area contributed by atoms with E-state index < -0.39 is 36.2 Å². The van der Waals surface area contributed by atoms with Gasteiger partial charge < -0.3 is 30.5 Å². The van der Waals surface area contributed by atoms with E-state index >= 15 is 0 Å². The molecule has 2 bridgehead atoms. The minimum atomic E-state index is -1.50. The predicted octanol–water partition coefficient (Wildman–Crippen LogP) is -1.11. The van der Waals surface area contributed by atoms with Gasteiger partial charge in [0.15, 0.2) is 0 Å². The lowest BCUT2D eigenvalue weighted by molar-refractivity contribution is -0.236. The van der Waals surface area contributed by atoms with Gasteiger partial charge in [-0.25, -0.2) is 0 Å². The molecular weight excluding hydrogens is 250 g/mol. The zero-order valence-corrected chi connectivity index (χ0v) is 10.2. The highest BCUT2D eigenvalue weighted by molar-refractivity contribution is 5.24. The number of hydrogen-bond acceptors (Lipinski definition) is 6. The van der Waals surface area contributed by atoms with Crippen LogP contribution in [0.5, 0.6) is 0 Å². The SMILES string of the molecule is N[C@H](c1ccccc1)C12O[C@H]([C@H](O)[C@H]1O)[C@@H](CO)O2. The number of aliphatic hydroxyl groups excluding tert-OH is 3. The molecule has 6 heteroatoms. The fourth-order valence-corrected chi connectivity index (χ4v) is 2.83. The molecule has 0 amide bonds. The molecule has 2 fully saturated rings. The standard InChI is InChI=1S/C13H17NO5/c14-11(7-4-2-1-3-5-7)13-12(17)9(16)10(19-13)8(6-15)18-13/h1-5,8-12,15-17H,6,14H2/t8-,9+,10+,11-,12-,13?/m1/s1. The monoisotopic (exact) mass is 267 g/mol. The van der Waals surface area contributed by atoms with Crippen molar-refractivity contribution in [3.05, 3.63) is 35.9 Å². The second-order valence-electron chi connectivity index (χ2n) is 4.97. The van der Waals surface area contributed by atoms with Crippen LogP contribution in [0.2, 0.25) is 0 Å². The Hall–Kier alpha value is -1.02. The summed E-state index contributed by atoms with van der Waals surface area (Å²) in [6.07, 6.45) is -3.78. The molecule has 1 aromatic carbocycles. The van der Waals surface area contributed by atoms with Gasteiger partial charge in [-0.15, -0.1) is 0 Å². The Morgan fingerprint density at radius 2 is 1.89 bits per heavy atom. The molecule has 1 aromatic rings. The molecule has 0 saturated carbocycles. The van der Waals surface area contributed by atoms with Gasteiger partial charge >= 0.3 is 0 Å². The van der Waals surface area contributed by atoms with E-state index in [-0.39, 0.29) is 6.61 Å². The maximum atomic E-state index is 10.1. The van der Waals surface area contributed by atoms with Crippen molar-refractivity contribution in [2.24, 2.45) is 5.73 Å². The summed E-state index contributed by atoms with van der Waals surface area (Å²) in [6.45, 7) is -0.294. The molecule has 6 atom stereocenters. The number of fused-ring (bicyclic) bond motifs is 2. The van der Waals surface area contributed by atoms with Gasteiger partial charge in [0, 0.05) is 0 Å². The number of ether oxygens (including phenoxy) is 2. The largest absolute Gasteiger partial charge is 0.394 e. The number of nitrogens with two attached hydrogens (primary N) is 1. The maximum absolute atomic E-state index is 10.1. The molecule has 0 spiro atoms. The van der Waals surface area contributed by atoms with Crippen LogP contribution in [0.1, 0.15) is 11.6 Å². The summed E-state index contributed by atoms with van der Waals surface area (Å²) >= 11 is 0. The van der Waals surface area contributed by atoms with Crippen LogP contribution < -0.4 is 5.73 Å². The van der Waals surface area contributed by atoms with Gasteiger partial charge in [-0.05, 0) is 5.56 Å². The summed E-state index contributed by atoms with van der Waals surface area (Å²) < 4.78 is 11.2. The molecule has 19 heavy (non-hydrogen) atoms. The first kappa shape index (κ1) is 13.0. The molecule has 6 nitrogen and oxygen atoms in total. The molecule has 3 rings (SSSR count). The van der Waals surface area contributed by atoms with Gasteiger partial charge in [0.25, 0.3) is 0 Å². The number of aliphatic hydroxyl groups is 3. The average molecular weight is 267 g/mol. The first-order valence-corrected chi connectivity index (χ1v) is 6.23. The van der Waals surface area contributed by atoms with Gasteiger partial charge in [0.2, 0.25) is 5.79 Å². The van der Waals surface area contributed by atoms with Gasteiger partial charge in [0.05, 0.1) is 12.6 Å². The third-order valence-corrected chi connectivity index (χ3v) is 3.87. The van der Waals surface area contributed by atoms with E-state index in [1.54, 1.807) is 12.1 Å². The third kappa shape index (κ3) is 1.73. The minimum Gasteiger partial charge on any atom is -0.394 e. The van der Waals surface area contributed by atoms with Crippen molar-refractivity contribution < 1.29 is 24.8 Å². The Kier molecular flexibility index (Phi) is 3.09. The molecule has 0 radical (unpaired) electrons. The van der Waals surface area contributed by atoms with Gasteiger partial charge in [-0.2, -0.15) is 0 Å². The fraction of sp³-hybridized carbons (Fsp3) is 0.538. The van der Waals surface area contributed by atoms with Crippen LogP contribution in [0, 0.1) is 0 Å². The van der Waals surface area contributed by atoms with Gasteiger partial charge in [-0.1, -0.05) is 30.3 Å². The van der Waals surface area contributed by atoms with E-state index in [1.807, 2.05) is 18.2 Å². The molecular formula is C13H17NO5. The Balaban J connectivity index is 1.94. The Labute approximate surface area is 110 Å². The lowest BCUT2D eigenvalue weighted by Crippen LogP contribution is -2.57. The Morgan fingerprint density at radius 1 is 1.21 bits per heavy atom. The summed E-state index contributed by atoms with van der Waals surface area (Å²) in [4.78, 5) is 0. The summed E-state index contributed by atoms with van der Waals surface area (Å²) in [5, 5.41) is 29.3. The topological polar surface area (TPSA) is 105 Å². The van der Waals surface area contributed by atoms with E-state index in [9.17, 15) is 15.3 Å². The summed E-state index contributed by atoms with van der Waals surface area (Å²) in [7, 11) is 0. The van der Waals surface area contributed by atoms with Gasteiger partial charge in [0.1, 0.15) is 24.4 Å². The average Bonchev–Trinajstić information content (AvgIpc) is 2.96. The smallest absolute Gasteiger partial charge is 0.218 e. The molecule has 0 aromatic heterocycles. The fourth-order valence-electron chi connectivity index (χ4n) is 2.83. The van der Waals surface area contributed by atoms with Crippen molar-refractivity contribution in [3.8, 4) is 0 Å². The normalized spacial score (nSPS) is 42.5. The van der Waals surface area contributed by atoms with Crippen molar-refractivity contribution >= 4 is 0 Å². The summed E-state index contributed by atoms with van der Waals surface area (Å²) in [5.41, 5.74) is 6.87. The van der Waals surface area contributed by atoms with Crippen LogP contribution in [-0.4, -0.2) is 52.1 Å². The van der Waals surface area contributed by atoms with Crippen LogP contribution in [0.15, 0.2) is 30.3 Å². The molecule has 2 saturated heterocycles. The van der Waals surface area contributed by atoms with Crippen LogP contribution in [0.3, 0.4) is 0 Å². The van der Waals surface area contributed by atoms with Crippen molar-refractivity contribution in [3.63, 3.8) is 0 Å². The van der Waals surface area contributed by atoms with Crippen LogP contribution in [0.25, 0.3) is 0 Å². The lowest BCUT2D eigenvalue weighted by atomic mass is 9.90. The first-order valence-electron chi connectivity index (χ1n) is 6.23. The molecule has 5 N–H and O–H groups in total. The highest BCUT2D eigenvalue weighted by Crippen LogP contribution is 2.48. The third-order valence-electron chi connectivity index (χ3n) is 3.87. The second-order valence-corrected chi connectivity index (χ2v) is 4.97. The van der Waals surface area contributed by atoms with E-state index in [2.05, 4.69) is 0 Å². The highest BCUT2D eigenvalue weighted by Gasteiger charge is 2.67. The Bertz CT molecular complexity index is 450. The van der Waals surface area contributed by atoms with Crippen molar-refractivity contribution in [1.82, 2.24) is 0 Å². The quantitative estimate of drug-likeness (QED) is 0.554. The van der Waals surface area contributed by atoms with Crippen LogP contribution in [0.4, 0.5) is 0 Å². The van der Waals surface area contributed by atoms with Crippen molar-refractivity contribution in [1.29, 1.82) is 0 Å². The Morgan fingerprint density at radius 3 is 2.53 bits per heavy atom. The number of hydrogen-bond donors (Lipinski definition) is 4. The highest BCUT2D eigenvalue weighted by atomic mass is 16.8. The van der Waals surface area contributed by atoms with E-state index in [0.29, 0.717) is 0 Å². The molecule has 2 heterocycles. The second kappa shape index (κ2) is 4.52. The van der Waals surface area contributed by atoms with Crippen LogP contribution >= 0.6 is 0 Å². The van der Waals surface area contributed by atoms with Crippen molar-refractivity contribution in [2.75, 3.05) is 6.61 Å². The minimum absolute atomic E-state index is 0.294. The first-order chi connectivity index (χ1) is 9.10. The summed E-state index contributed by atoms with van der Waals surface area (Å²) in [5.74, 6) is -1.50. The molecule has 104 valence electrons. The number of benzene rings is 1. The molecule has 2 aliphatic rings. The number of rotatable bonds is 3. The molecule has 0 aliphatic carbocycles. The van der Waals surface area contributed by atoms with E-state index in [1.165, 1.54) is 0 Å². The van der Waals surface area contributed by atoms with Gasteiger partial charge in [-0.3, -0.25) is 0 Å². The van der Waals surface area contributed by atoms with Crippen LogP contribution in [-0.2, 0) is 9.47 Å².